The molecule has 15 heavy (non-hydrogen) atoms. The minimum absolute atomic E-state index is 0. The van der Waals surface area contributed by atoms with Gasteiger partial charge in [-0.2, -0.15) is 9.59 Å². The van der Waals surface area contributed by atoms with Crippen molar-refractivity contribution in [3.05, 3.63) is 0 Å². The van der Waals surface area contributed by atoms with Crippen LogP contribution in [-0.4, -0.2) is 34.9 Å². The van der Waals surface area contributed by atoms with Gasteiger partial charge in [0.15, 0.2) is 0 Å². The standard InChI is InChI=1S/C4H10O.CH2O2.CO2.3CH4.H2O/c1-2-3-4-5;2*2-1-3;;;;/h5H,2-4H2,1H3;1H,(H,2,3);;3*1H4;1H2. The molecule has 0 saturated carbocycles. The van der Waals surface area contributed by atoms with Crippen LogP contribution >= 0.6 is 0 Å². The second-order valence-electron chi connectivity index (χ2n) is 1.27. The molecule has 0 saturated heterocycles. The third-order valence-corrected chi connectivity index (χ3v) is 0.512. The fourth-order valence-electron chi connectivity index (χ4n) is 0.158. The van der Waals surface area contributed by atoms with Gasteiger partial charge in [-0.15, -0.1) is 0 Å². The van der Waals surface area contributed by atoms with Crippen LogP contribution in [0.25, 0.3) is 0 Å². The molecule has 0 aromatic rings. The van der Waals surface area contributed by atoms with Gasteiger partial charge in [-0.25, -0.2) is 0 Å². The highest BCUT2D eigenvalue weighted by Gasteiger charge is 1.69. The Morgan fingerprint density at radius 2 is 1.40 bits per heavy atom. The average molecular weight is 230 g/mol. The molecule has 0 aliphatic heterocycles. The van der Waals surface area contributed by atoms with E-state index in [1.165, 1.54) is 0 Å². The van der Waals surface area contributed by atoms with Gasteiger partial charge >= 0.3 is 6.15 Å². The predicted molar refractivity (Wildman–Crippen MR) is 59.5 cm³/mol. The van der Waals surface area contributed by atoms with Gasteiger partial charge in [-0.05, 0) is 6.42 Å². The highest BCUT2D eigenvalue weighted by molar-refractivity contribution is 5.32. The van der Waals surface area contributed by atoms with Gasteiger partial charge in [-0.1, -0.05) is 35.6 Å². The summed E-state index contributed by atoms with van der Waals surface area (Å²) in [4.78, 5) is 24.6. The van der Waals surface area contributed by atoms with E-state index in [0.717, 1.165) is 12.8 Å². The maximum absolute atomic E-state index is 8.36. The average Bonchev–Trinajstić information content (AvgIpc) is 1.92. The summed E-state index contributed by atoms with van der Waals surface area (Å²) in [5, 5.41) is 15.0. The summed E-state index contributed by atoms with van der Waals surface area (Å²) < 4.78 is 0. The third-order valence-electron chi connectivity index (χ3n) is 0.512. The van der Waals surface area contributed by atoms with E-state index in [-0.39, 0.29) is 40.4 Å². The van der Waals surface area contributed by atoms with Crippen molar-refractivity contribution in [2.24, 2.45) is 0 Å². The number of aliphatic hydroxyl groups is 1. The van der Waals surface area contributed by atoms with E-state index >= 15 is 0 Å². The molecule has 0 rings (SSSR count). The van der Waals surface area contributed by atoms with Crippen molar-refractivity contribution in [2.75, 3.05) is 6.61 Å². The molecule has 0 aromatic heterocycles. The van der Waals surface area contributed by atoms with E-state index in [2.05, 4.69) is 6.92 Å². The fraction of sp³-hybridized carbons (Fsp3) is 0.778. The van der Waals surface area contributed by atoms with E-state index in [1.807, 2.05) is 0 Å². The van der Waals surface area contributed by atoms with Crippen LogP contribution in [0.2, 0.25) is 0 Å². The third kappa shape index (κ3) is 2500. The van der Waals surface area contributed by atoms with Crippen LogP contribution in [0.5, 0.6) is 0 Å². The van der Waals surface area contributed by atoms with Crippen molar-refractivity contribution in [1.82, 2.24) is 0 Å². The number of carbonyl (C=O) groups excluding carboxylic acids is 2. The number of hydrogen-bond acceptors (Lipinski definition) is 4. The summed E-state index contributed by atoms with van der Waals surface area (Å²) in [6.07, 6.45) is 2.29. The van der Waals surface area contributed by atoms with Gasteiger partial charge in [-0.3, -0.25) is 4.79 Å². The first-order valence-electron chi connectivity index (χ1n) is 2.93. The molecular weight excluding hydrogens is 204 g/mol. The lowest BCUT2D eigenvalue weighted by atomic mass is 10.4. The summed E-state index contributed by atoms with van der Waals surface area (Å²) >= 11 is 0. The maximum Gasteiger partial charge on any atom is 0.373 e. The first kappa shape index (κ1) is 49.0. The van der Waals surface area contributed by atoms with Crippen LogP contribution in [0.15, 0.2) is 0 Å². The quantitative estimate of drug-likeness (QED) is 0.684. The molecule has 0 aromatic carbocycles. The van der Waals surface area contributed by atoms with Gasteiger partial charge in [0.05, 0.1) is 0 Å². The normalized spacial score (nSPS) is 4.13. The lowest BCUT2D eigenvalue weighted by molar-refractivity contribution is -0.191. The number of aliphatic hydroxyl groups excluding tert-OH is 1. The Kier molecular flexibility index (Phi) is 407. The first-order chi connectivity index (χ1) is 5.24. The molecule has 0 aliphatic rings. The number of carbonyl (C=O) groups is 1. The van der Waals surface area contributed by atoms with E-state index in [0.29, 0.717) is 6.61 Å². The lowest BCUT2D eigenvalue weighted by Crippen LogP contribution is -1.75. The smallest absolute Gasteiger partial charge is 0.373 e. The van der Waals surface area contributed by atoms with Crippen LogP contribution in [0.4, 0.5) is 0 Å². The molecule has 0 spiro atoms. The number of rotatable bonds is 2. The second kappa shape index (κ2) is 124. The molecule has 0 bridgehead atoms. The molecule has 6 nitrogen and oxygen atoms in total. The summed E-state index contributed by atoms with van der Waals surface area (Å²) in [7, 11) is 0. The number of hydrogen-bond donors (Lipinski definition) is 2. The Morgan fingerprint density at radius 1 is 1.20 bits per heavy atom. The van der Waals surface area contributed by atoms with Crippen molar-refractivity contribution in [1.29, 1.82) is 0 Å². The molecule has 4 N–H and O–H groups in total. The van der Waals surface area contributed by atoms with Crippen molar-refractivity contribution >= 4 is 12.6 Å². The van der Waals surface area contributed by atoms with Gasteiger partial charge in [0.2, 0.25) is 0 Å². The Labute approximate surface area is 92.2 Å². The monoisotopic (exact) mass is 230 g/mol. The molecule has 0 aliphatic carbocycles. The van der Waals surface area contributed by atoms with Crippen molar-refractivity contribution < 1.29 is 30.1 Å². The Hall–Kier alpha value is -1.23. The van der Waals surface area contributed by atoms with Crippen molar-refractivity contribution in [3.8, 4) is 0 Å². The zero-order valence-corrected chi connectivity index (χ0v) is 6.82. The van der Waals surface area contributed by atoms with Crippen LogP contribution in [-0.2, 0) is 14.4 Å². The molecule has 0 heterocycles. The van der Waals surface area contributed by atoms with Crippen LogP contribution < -0.4 is 0 Å². The topological polar surface area (TPSA) is 123 Å². The fourth-order valence-corrected chi connectivity index (χ4v) is 0.158. The van der Waals surface area contributed by atoms with Crippen LogP contribution in [0.3, 0.4) is 0 Å². The van der Waals surface area contributed by atoms with E-state index in [4.69, 9.17) is 24.6 Å². The molecule has 0 amide bonds. The molecule has 6 heteroatoms. The minimum atomic E-state index is -0.250. The zero-order valence-electron chi connectivity index (χ0n) is 6.82. The molecule has 98 valence electrons. The molecule has 0 unspecified atom stereocenters. The summed E-state index contributed by atoms with van der Waals surface area (Å²) in [5.41, 5.74) is 0. The van der Waals surface area contributed by atoms with E-state index in [9.17, 15) is 0 Å². The second-order valence-corrected chi connectivity index (χ2v) is 1.27. The van der Waals surface area contributed by atoms with Gasteiger partial charge < -0.3 is 15.7 Å². The molecule has 0 radical (unpaired) electrons. The Balaban J connectivity index is -0.0000000117. The van der Waals surface area contributed by atoms with Crippen molar-refractivity contribution in [2.45, 2.75) is 42.0 Å². The highest BCUT2D eigenvalue weighted by Crippen LogP contribution is 1.78. The maximum atomic E-state index is 8.36. The first-order valence-corrected chi connectivity index (χ1v) is 2.93. The van der Waals surface area contributed by atoms with E-state index in [1.54, 1.807) is 0 Å². The van der Waals surface area contributed by atoms with Gasteiger partial charge in [0, 0.05) is 6.61 Å². The number of unbranched alkanes of at least 4 members (excludes halogenated alkanes) is 1. The Morgan fingerprint density at radius 3 is 1.40 bits per heavy atom. The van der Waals surface area contributed by atoms with Gasteiger partial charge in [0.25, 0.3) is 6.47 Å². The lowest BCUT2D eigenvalue weighted by Gasteiger charge is -1.79. The zero-order chi connectivity index (χ0) is 9.54. The largest absolute Gasteiger partial charge is 0.483 e. The number of carboxylic acid groups (broad SMARTS) is 1. The summed E-state index contributed by atoms with van der Waals surface area (Å²) in [6.45, 7) is 2.15. The molecule has 0 fully saturated rings. The predicted octanol–water partition coefficient (Wildman–Crippen LogP) is 0.980. The SMILES string of the molecule is C.C.C.CCCCO.O.O=C=O.O=CO. The highest BCUT2D eigenvalue weighted by atomic mass is 16.3. The minimum Gasteiger partial charge on any atom is -0.483 e. The van der Waals surface area contributed by atoms with Crippen LogP contribution in [0.1, 0.15) is 42.0 Å². The summed E-state index contributed by atoms with van der Waals surface area (Å²) in [6, 6.07) is 0. The van der Waals surface area contributed by atoms with Crippen molar-refractivity contribution in [3.63, 3.8) is 0 Å². The molecule has 0 atom stereocenters. The van der Waals surface area contributed by atoms with Crippen LogP contribution in [0, 0.1) is 0 Å². The molecular formula is C9H26O6. The Bertz CT molecular complexity index is 86.6. The van der Waals surface area contributed by atoms with Gasteiger partial charge in [0.1, 0.15) is 0 Å². The van der Waals surface area contributed by atoms with E-state index < -0.39 is 0 Å². The summed E-state index contributed by atoms with van der Waals surface area (Å²) in [5.74, 6) is 0.